The summed E-state index contributed by atoms with van der Waals surface area (Å²) in [7, 11) is 0. The molecule has 0 aliphatic heterocycles. The molecular formula is C7H5INO2. The Labute approximate surface area is 77.7 Å². The summed E-state index contributed by atoms with van der Waals surface area (Å²) in [5.74, 6) is 0. The van der Waals surface area contributed by atoms with E-state index in [0.717, 1.165) is 0 Å². The van der Waals surface area contributed by atoms with Crippen molar-refractivity contribution in [3.63, 3.8) is 0 Å². The number of hydrogen-bond donors (Lipinski definition) is 0. The minimum absolute atomic E-state index is 0.105. The first-order valence-corrected chi connectivity index (χ1v) is 3.95. The summed E-state index contributed by atoms with van der Waals surface area (Å²) >= 11 is 1.92. The van der Waals surface area contributed by atoms with Crippen LogP contribution in [0, 0.1) is 20.6 Å². The fourth-order valence-electron chi connectivity index (χ4n) is 0.764. The molecule has 0 spiro atoms. The molecule has 0 unspecified atom stereocenters. The van der Waals surface area contributed by atoms with Crippen LogP contribution in [-0.4, -0.2) is 4.92 Å². The van der Waals surface area contributed by atoms with E-state index in [0.29, 0.717) is 9.13 Å². The largest absolute Gasteiger partial charge is 0.285 e. The predicted molar refractivity (Wildman–Crippen MR) is 50.3 cm³/mol. The maximum absolute atomic E-state index is 10.4. The van der Waals surface area contributed by atoms with Gasteiger partial charge < -0.3 is 0 Å². The average Bonchev–Trinajstić information content (AvgIpc) is 1.85. The number of hydrogen-bond acceptors (Lipinski definition) is 2. The predicted octanol–water partition coefficient (Wildman–Crippen LogP) is 2.38. The first-order valence-electron chi connectivity index (χ1n) is 2.88. The number of para-hydroxylation sites is 1. The number of benzene rings is 1. The maximum atomic E-state index is 10.4. The molecule has 11 heavy (non-hydrogen) atoms. The summed E-state index contributed by atoms with van der Waals surface area (Å²) < 4.78 is 0.625. The van der Waals surface area contributed by atoms with Crippen LogP contribution in [-0.2, 0) is 0 Å². The second kappa shape index (κ2) is 3.17. The molecule has 3 nitrogen and oxygen atoms in total. The Morgan fingerprint density at radius 2 is 2.18 bits per heavy atom. The molecule has 0 aliphatic rings. The molecule has 1 aromatic carbocycles. The summed E-state index contributed by atoms with van der Waals surface area (Å²) in [6, 6.07) is 5.06. The van der Waals surface area contributed by atoms with Gasteiger partial charge in [0.25, 0.3) is 5.69 Å². The van der Waals surface area contributed by atoms with Gasteiger partial charge in [-0.2, -0.15) is 0 Å². The van der Waals surface area contributed by atoms with Gasteiger partial charge in [0.1, 0.15) is 0 Å². The lowest BCUT2D eigenvalue weighted by molar-refractivity contribution is -0.386. The third-order valence-corrected chi connectivity index (χ3v) is 2.12. The number of nitro groups is 1. The van der Waals surface area contributed by atoms with Crippen molar-refractivity contribution in [3.8, 4) is 0 Å². The lowest BCUT2D eigenvalue weighted by Crippen LogP contribution is -1.93. The Kier molecular flexibility index (Phi) is 2.43. The molecule has 0 fully saturated rings. The lowest BCUT2D eigenvalue weighted by Gasteiger charge is -1.96. The van der Waals surface area contributed by atoms with Crippen molar-refractivity contribution in [2.24, 2.45) is 0 Å². The molecule has 57 valence electrons. The van der Waals surface area contributed by atoms with E-state index < -0.39 is 4.92 Å². The van der Waals surface area contributed by atoms with Gasteiger partial charge in [-0.15, -0.1) is 0 Å². The van der Waals surface area contributed by atoms with E-state index in [9.17, 15) is 10.1 Å². The van der Waals surface area contributed by atoms with Gasteiger partial charge in [0.2, 0.25) is 0 Å². The summed E-state index contributed by atoms with van der Waals surface area (Å²) in [5.41, 5.74) is 0.565. The SMILES string of the molecule is [CH2]c1cccc(I)c1[N+](=O)[O-]. The first kappa shape index (κ1) is 8.45. The van der Waals surface area contributed by atoms with Crippen molar-refractivity contribution in [3.05, 3.63) is 44.4 Å². The van der Waals surface area contributed by atoms with Gasteiger partial charge in [0.05, 0.1) is 8.49 Å². The van der Waals surface area contributed by atoms with Crippen molar-refractivity contribution in [2.45, 2.75) is 0 Å². The fourth-order valence-corrected chi connectivity index (χ4v) is 1.52. The Morgan fingerprint density at radius 1 is 1.55 bits per heavy atom. The zero-order chi connectivity index (χ0) is 8.43. The zero-order valence-corrected chi connectivity index (χ0v) is 7.74. The van der Waals surface area contributed by atoms with Crippen LogP contribution in [0.25, 0.3) is 0 Å². The van der Waals surface area contributed by atoms with Crippen LogP contribution in [0.5, 0.6) is 0 Å². The Morgan fingerprint density at radius 3 is 2.55 bits per heavy atom. The van der Waals surface area contributed by atoms with Crippen LogP contribution in [0.2, 0.25) is 0 Å². The van der Waals surface area contributed by atoms with E-state index in [1.807, 2.05) is 22.6 Å². The van der Waals surface area contributed by atoms with E-state index in [1.165, 1.54) is 0 Å². The molecular weight excluding hydrogens is 257 g/mol. The third kappa shape index (κ3) is 1.68. The molecule has 0 atom stereocenters. The van der Waals surface area contributed by atoms with E-state index >= 15 is 0 Å². The topological polar surface area (TPSA) is 43.1 Å². The standard InChI is InChI=1S/C7H5INO2/c1-5-3-2-4-6(8)7(5)9(10)11/h2-4H,1H2. The van der Waals surface area contributed by atoms with Crippen molar-refractivity contribution in [1.29, 1.82) is 0 Å². The summed E-state index contributed by atoms with van der Waals surface area (Å²) in [6.45, 7) is 3.56. The van der Waals surface area contributed by atoms with Gasteiger partial charge in [-0.1, -0.05) is 12.1 Å². The average molecular weight is 262 g/mol. The highest BCUT2D eigenvalue weighted by atomic mass is 127. The number of nitro benzene ring substituents is 1. The molecule has 0 heterocycles. The number of rotatable bonds is 1. The van der Waals surface area contributed by atoms with Gasteiger partial charge in [-0.3, -0.25) is 10.1 Å². The van der Waals surface area contributed by atoms with Gasteiger partial charge >= 0.3 is 0 Å². The van der Waals surface area contributed by atoms with Gasteiger partial charge in [0, 0.05) is 5.56 Å². The normalized spacial score (nSPS) is 9.64. The highest BCUT2D eigenvalue weighted by Gasteiger charge is 2.13. The molecule has 0 amide bonds. The second-order valence-electron chi connectivity index (χ2n) is 2.00. The monoisotopic (exact) mass is 262 g/mol. The lowest BCUT2D eigenvalue weighted by atomic mass is 10.2. The van der Waals surface area contributed by atoms with Crippen LogP contribution < -0.4 is 0 Å². The zero-order valence-electron chi connectivity index (χ0n) is 5.58. The van der Waals surface area contributed by atoms with Gasteiger partial charge in [-0.05, 0) is 35.6 Å². The molecule has 0 N–H and O–H groups in total. The second-order valence-corrected chi connectivity index (χ2v) is 3.17. The van der Waals surface area contributed by atoms with Crippen molar-refractivity contribution in [2.75, 3.05) is 0 Å². The van der Waals surface area contributed by atoms with Crippen molar-refractivity contribution < 1.29 is 4.92 Å². The summed E-state index contributed by atoms with van der Waals surface area (Å²) in [6.07, 6.45) is 0. The molecule has 0 saturated carbocycles. The number of nitrogens with zero attached hydrogens (tertiary/aromatic N) is 1. The first-order chi connectivity index (χ1) is 5.13. The van der Waals surface area contributed by atoms with Crippen LogP contribution in [0.3, 0.4) is 0 Å². The van der Waals surface area contributed by atoms with Crippen molar-refractivity contribution >= 4 is 28.3 Å². The highest BCUT2D eigenvalue weighted by molar-refractivity contribution is 14.1. The van der Waals surface area contributed by atoms with E-state index in [4.69, 9.17) is 0 Å². The molecule has 1 radical (unpaired) electrons. The molecule has 1 rings (SSSR count). The van der Waals surface area contributed by atoms with Crippen molar-refractivity contribution in [1.82, 2.24) is 0 Å². The summed E-state index contributed by atoms with van der Waals surface area (Å²) in [4.78, 5) is 9.99. The van der Waals surface area contributed by atoms with Crippen LogP contribution in [0.1, 0.15) is 5.56 Å². The molecule has 0 bridgehead atoms. The van der Waals surface area contributed by atoms with Crippen LogP contribution in [0.15, 0.2) is 18.2 Å². The number of halogens is 1. The molecule has 0 aliphatic carbocycles. The Balaban J connectivity index is 3.32. The van der Waals surface area contributed by atoms with Gasteiger partial charge in [-0.25, -0.2) is 0 Å². The molecule has 0 saturated heterocycles. The van der Waals surface area contributed by atoms with Gasteiger partial charge in [0.15, 0.2) is 0 Å². The van der Waals surface area contributed by atoms with E-state index in [-0.39, 0.29) is 5.69 Å². The van der Waals surface area contributed by atoms with E-state index in [1.54, 1.807) is 18.2 Å². The minimum atomic E-state index is -0.413. The maximum Gasteiger partial charge on any atom is 0.285 e. The highest BCUT2D eigenvalue weighted by Crippen LogP contribution is 2.23. The third-order valence-electron chi connectivity index (χ3n) is 1.25. The Bertz CT molecular complexity index is 278. The quantitative estimate of drug-likeness (QED) is 0.443. The molecule has 4 heteroatoms. The minimum Gasteiger partial charge on any atom is -0.258 e. The fraction of sp³-hybridized carbons (Fsp3) is 0. The smallest absolute Gasteiger partial charge is 0.258 e. The Hall–Kier alpha value is -0.650. The summed E-state index contributed by atoms with van der Waals surface area (Å²) in [5, 5.41) is 10.4. The molecule has 0 aromatic heterocycles. The molecule has 1 aromatic rings. The van der Waals surface area contributed by atoms with Crippen LogP contribution >= 0.6 is 22.6 Å². The van der Waals surface area contributed by atoms with Crippen LogP contribution in [0.4, 0.5) is 5.69 Å². The van der Waals surface area contributed by atoms with E-state index in [2.05, 4.69) is 6.92 Å².